The van der Waals surface area contributed by atoms with E-state index in [0.717, 1.165) is 22.0 Å². The summed E-state index contributed by atoms with van der Waals surface area (Å²) in [4.78, 5) is 20.5. The summed E-state index contributed by atoms with van der Waals surface area (Å²) in [7, 11) is 1.64. The Balaban J connectivity index is 1.64. The van der Waals surface area contributed by atoms with Crippen LogP contribution in [0.1, 0.15) is 15.5 Å². The maximum Gasteiger partial charge on any atom is 0.270 e. The van der Waals surface area contributed by atoms with E-state index in [0.29, 0.717) is 12.2 Å². The van der Waals surface area contributed by atoms with E-state index in [-0.39, 0.29) is 5.91 Å². The van der Waals surface area contributed by atoms with Gasteiger partial charge in [0.2, 0.25) is 0 Å². The molecular weight excluding hydrogens is 310 g/mol. The fourth-order valence-corrected chi connectivity index (χ4v) is 2.77. The zero-order valence-corrected chi connectivity index (χ0v) is 13.3. The molecule has 116 valence electrons. The van der Waals surface area contributed by atoms with Crippen molar-refractivity contribution >= 4 is 17.2 Å². The molecule has 0 radical (unpaired) electrons. The van der Waals surface area contributed by atoms with E-state index in [9.17, 15) is 4.79 Å². The first-order valence-corrected chi connectivity index (χ1v) is 7.92. The van der Waals surface area contributed by atoms with Gasteiger partial charge in [-0.05, 0) is 36.4 Å². The summed E-state index contributed by atoms with van der Waals surface area (Å²) in [6.45, 7) is 0.385. The lowest BCUT2D eigenvalue weighted by molar-refractivity contribution is 0.0946. The average Bonchev–Trinajstić information content (AvgIpc) is 3.09. The van der Waals surface area contributed by atoms with Crippen molar-refractivity contribution in [3.8, 4) is 17.0 Å². The summed E-state index contributed by atoms with van der Waals surface area (Å²) >= 11 is 1.51. The van der Waals surface area contributed by atoms with Crippen LogP contribution in [0.25, 0.3) is 11.3 Å². The van der Waals surface area contributed by atoms with Crippen molar-refractivity contribution in [1.82, 2.24) is 15.3 Å². The van der Waals surface area contributed by atoms with E-state index in [1.807, 2.05) is 29.6 Å². The van der Waals surface area contributed by atoms with Crippen LogP contribution in [0.4, 0.5) is 0 Å². The normalized spacial score (nSPS) is 10.3. The Hall–Kier alpha value is -2.73. The SMILES string of the molecule is COc1ccc(-c2csc(CNC(=O)c3ccccn3)n2)cc1. The third kappa shape index (κ3) is 3.73. The molecule has 0 fully saturated rings. The predicted molar refractivity (Wildman–Crippen MR) is 89.5 cm³/mol. The molecule has 5 nitrogen and oxygen atoms in total. The molecule has 0 aliphatic heterocycles. The lowest BCUT2D eigenvalue weighted by Crippen LogP contribution is -2.23. The first-order valence-electron chi connectivity index (χ1n) is 7.04. The van der Waals surface area contributed by atoms with Gasteiger partial charge in [0.05, 0.1) is 19.3 Å². The number of amides is 1. The van der Waals surface area contributed by atoms with Gasteiger partial charge < -0.3 is 10.1 Å². The van der Waals surface area contributed by atoms with Gasteiger partial charge in [-0.3, -0.25) is 9.78 Å². The van der Waals surface area contributed by atoms with Gasteiger partial charge in [0.15, 0.2) is 0 Å². The largest absolute Gasteiger partial charge is 0.497 e. The number of nitrogens with one attached hydrogen (secondary N) is 1. The van der Waals surface area contributed by atoms with Crippen LogP contribution in [0.3, 0.4) is 0 Å². The van der Waals surface area contributed by atoms with Gasteiger partial charge in [-0.1, -0.05) is 6.07 Å². The van der Waals surface area contributed by atoms with Crippen LogP contribution in [-0.4, -0.2) is 23.0 Å². The number of pyridine rings is 1. The summed E-state index contributed by atoms with van der Waals surface area (Å²) in [6.07, 6.45) is 1.60. The molecule has 1 aromatic carbocycles. The van der Waals surface area contributed by atoms with Crippen LogP contribution in [-0.2, 0) is 6.54 Å². The van der Waals surface area contributed by atoms with Crippen LogP contribution < -0.4 is 10.1 Å². The van der Waals surface area contributed by atoms with Crippen molar-refractivity contribution in [2.75, 3.05) is 7.11 Å². The number of hydrogen-bond donors (Lipinski definition) is 1. The lowest BCUT2D eigenvalue weighted by atomic mass is 10.2. The Kier molecular flexibility index (Phi) is 4.63. The van der Waals surface area contributed by atoms with Crippen LogP contribution in [0.2, 0.25) is 0 Å². The van der Waals surface area contributed by atoms with E-state index in [1.54, 1.807) is 31.5 Å². The molecule has 2 heterocycles. The highest BCUT2D eigenvalue weighted by Gasteiger charge is 2.09. The molecule has 1 N–H and O–H groups in total. The fraction of sp³-hybridized carbons (Fsp3) is 0.118. The Bertz CT molecular complexity index is 785. The number of nitrogens with zero attached hydrogens (tertiary/aromatic N) is 2. The predicted octanol–water partition coefficient (Wildman–Crippen LogP) is 3.14. The van der Waals surface area contributed by atoms with E-state index in [1.165, 1.54) is 11.3 Å². The monoisotopic (exact) mass is 325 g/mol. The quantitative estimate of drug-likeness (QED) is 0.783. The van der Waals surface area contributed by atoms with Crippen LogP contribution >= 0.6 is 11.3 Å². The maximum atomic E-state index is 12.0. The van der Waals surface area contributed by atoms with Crippen LogP contribution in [0.5, 0.6) is 5.75 Å². The molecule has 23 heavy (non-hydrogen) atoms. The van der Waals surface area contributed by atoms with E-state index in [2.05, 4.69) is 15.3 Å². The van der Waals surface area contributed by atoms with Crippen molar-refractivity contribution in [1.29, 1.82) is 0 Å². The summed E-state index contributed by atoms with van der Waals surface area (Å²) < 4.78 is 5.15. The molecule has 0 aliphatic carbocycles. The highest BCUT2D eigenvalue weighted by atomic mass is 32.1. The fourth-order valence-electron chi connectivity index (χ4n) is 2.03. The molecule has 0 atom stereocenters. The van der Waals surface area contributed by atoms with E-state index < -0.39 is 0 Å². The number of ether oxygens (including phenoxy) is 1. The maximum absolute atomic E-state index is 12.0. The number of carbonyl (C=O) groups excluding carboxylic acids is 1. The number of rotatable bonds is 5. The highest BCUT2D eigenvalue weighted by molar-refractivity contribution is 7.09. The first kappa shape index (κ1) is 15.2. The standard InChI is InChI=1S/C17H15N3O2S/c1-22-13-7-5-12(6-8-13)15-11-23-16(20-15)10-19-17(21)14-4-2-3-9-18-14/h2-9,11H,10H2,1H3,(H,19,21). The molecular formula is C17H15N3O2S. The van der Waals surface area contributed by atoms with Crippen molar-refractivity contribution in [3.63, 3.8) is 0 Å². The van der Waals surface area contributed by atoms with Crippen molar-refractivity contribution in [2.45, 2.75) is 6.54 Å². The molecule has 2 aromatic heterocycles. The molecule has 0 aliphatic rings. The van der Waals surface area contributed by atoms with Gasteiger partial charge in [0.25, 0.3) is 5.91 Å². The zero-order valence-electron chi connectivity index (χ0n) is 12.5. The molecule has 0 saturated carbocycles. The van der Waals surface area contributed by atoms with Crippen molar-refractivity contribution < 1.29 is 9.53 Å². The van der Waals surface area contributed by atoms with Gasteiger partial charge in [0, 0.05) is 17.1 Å². The average molecular weight is 325 g/mol. The second kappa shape index (κ2) is 7.02. The molecule has 0 unspecified atom stereocenters. The van der Waals surface area contributed by atoms with Gasteiger partial charge in [-0.2, -0.15) is 0 Å². The van der Waals surface area contributed by atoms with Crippen molar-refractivity contribution in [3.05, 3.63) is 64.7 Å². The third-order valence-corrected chi connectivity index (χ3v) is 4.08. The summed E-state index contributed by atoms with van der Waals surface area (Å²) in [6, 6.07) is 13.0. The van der Waals surface area contributed by atoms with Crippen LogP contribution in [0, 0.1) is 0 Å². The number of methoxy groups -OCH3 is 1. The molecule has 0 spiro atoms. The Morgan fingerprint density at radius 3 is 2.74 bits per heavy atom. The molecule has 0 bridgehead atoms. The van der Waals surface area contributed by atoms with Gasteiger partial charge in [-0.15, -0.1) is 11.3 Å². The second-order valence-corrected chi connectivity index (χ2v) is 5.70. The summed E-state index contributed by atoms with van der Waals surface area (Å²) in [5.41, 5.74) is 2.31. The number of thiazole rings is 1. The Labute approximate surface area is 138 Å². The number of hydrogen-bond acceptors (Lipinski definition) is 5. The smallest absolute Gasteiger partial charge is 0.270 e. The van der Waals surface area contributed by atoms with Gasteiger partial charge in [0.1, 0.15) is 16.5 Å². The van der Waals surface area contributed by atoms with E-state index in [4.69, 9.17) is 4.74 Å². The van der Waals surface area contributed by atoms with Crippen molar-refractivity contribution in [2.24, 2.45) is 0 Å². The lowest BCUT2D eigenvalue weighted by Gasteiger charge is -2.02. The molecule has 1 amide bonds. The minimum atomic E-state index is -0.202. The molecule has 3 rings (SSSR count). The molecule has 6 heteroatoms. The second-order valence-electron chi connectivity index (χ2n) is 4.75. The number of benzene rings is 1. The minimum absolute atomic E-state index is 0.202. The summed E-state index contributed by atoms with van der Waals surface area (Å²) in [5, 5.41) is 5.65. The molecule has 0 saturated heterocycles. The number of carbonyl (C=O) groups is 1. The van der Waals surface area contributed by atoms with E-state index >= 15 is 0 Å². The first-order chi connectivity index (χ1) is 11.3. The zero-order chi connectivity index (χ0) is 16.1. The summed E-state index contributed by atoms with van der Waals surface area (Å²) in [5.74, 6) is 0.610. The van der Waals surface area contributed by atoms with Crippen LogP contribution in [0.15, 0.2) is 54.0 Å². The topological polar surface area (TPSA) is 64.1 Å². The Morgan fingerprint density at radius 2 is 2.04 bits per heavy atom. The Morgan fingerprint density at radius 1 is 1.22 bits per heavy atom. The highest BCUT2D eigenvalue weighted by Crippen LogP contribution is 2.24. The molecule has 3 aromatic rings. The third-order valence-electron chi connectivity index (χ3n) is 3.24. The number of aromatic nitrogens is 2. The minimum Gasteiger partial charge on any atom is -0.497 e. The van der Waals surface area contributed by atoms with Gasteiger partial charge in [-0.25, -0.2) is 4.98 Å². The van der Waals surface area contributed by atoms with Gasteiger partial charge >= 0.3 is 0 Å².